The minimum absolute atomic E-state index is 0.0887. The van der Waals surface area contributed by atoms with Gasteiger partial charge in [0.25, 0.3) is 10.0 Å². The Morgan fingerprint density at radius 3 is 2.03 bits per heavy atom. The molecule has 0 spiro atoms. The van der Waals surface area contributed by atoms with Crippen LogP contribution in [-0.2, 0) is 10.0 Å². The molecule has 3 aromatic carbocycles. The number of carbonyl (C=O) groups excluding carboxylic acids is 1. The van der Waals surface area contributed by atoms with Gasteiger partial charge in [0.2, 0.25) is 11.5 Å². The van der Waals surface area contributed by atoms with Crippen LogP contribution in [0.15, 0.2) is 59.5 Å². The fourth-order valence-electron chi connectivity index (χ4n) is 3.61. The first-order valence-electron chi connectivity index (χ1n) is 10.2. The maximum atomic E-state index is 13.6. The number of rotatable bonds is 8. The molecule has 0 aliphatic heterocycles. The number of carbonyl (C=O) groups is 1. The summed E-state index contributed by atoms with van der Waals surface area (Å²) in [6.45, 7) is 0. The highest BCUT2D eigenvalue weighted by Crippen LogP contribution is 2.39. The highest BCUT2D eigenvalue weighted by atomic mass is 32.2. The molecule has 0 saturated carbocycles. The van der Waals surface area contributed by atoms with E-state index in [-0.39, 0.29) is 38.9 Å². The maximum absolute atomic E-state index is 13.6. The summed E-state index contributed by atoms with van der Waals surface area (Å²) in [6, 6.07) is 12.6. The van der Waals surface area contributed by atoms with Gasteiger partial charge in [0.15, 0.2) is 11.5 Å². The van der Waals surface area contributed by atoms with Crippen LogP contribution in [0.25, 0.3) is 10.9 Å². The molecule has 1 heterocycles. The largest absolute Gasteiger partial charge is 0.508 e. The van der Waals surface area contributed by atoms with Gasteiger partial charge in [0.05, 0.1) is 38.9 Å². The smallest absolute Gasteiger partial charge is 0.283 e. The van der Waals surface area contributed by atoms with Crippen LogP contribution in [0.2, 0.25) is 0 Å². The highest BCUT2D eigenvalue weighted by Gasteiger charge is 2.28. The van der Waals surface area contributed by atoms with Crippen molar-refractivity contribution >= 4 is 26.7 Å². The quantitative estimate of drug-likeness (QED) is 0.364. The number of hydrogen-bond acceptors (Lipinski definition) is 9. The summed E-state index contributed by atoms with van der Waals surface area (Å²) in [4.78, 5) is 13.5. The van der Waals surface area contributed by atoms with E-state index in [1.54, 1.807) is 12.1 Å². The van der Waals surface area contributed by atoms with Gasteiger partial charge in [-0.15, -0.1) is 0 Å². The Morgan fingerprint density at radius 2 is 1.49 bits per heavy atom. The summed E-state index contributed by atoms with van der Waals surface area (Å²) in [5.74, 6) is 0.566. The van der Waals surface area contributed by atoms with E-state index in [9.17, 15) is 18.3 Å². The number of benzene rings is 3. The van der Waals surface area contributed by atoms with Crippen LogP contribution >= 0.6 is 0 Å². The molecule has 0 atom stereocenters. The van der Waals surface area contributed by atoms with Crippen LogP contribution in [0.4, 0.5) is 0 Å². The molecular weight excluding hydrogens is 476 g/mol. The Kier molecular flexibility index (Phi) is 6.27. The number of phenols is 1. The third kappa shape index (κ3) is 4.10. The van der Waals surface area contributed by atoms with Gasteiger partial charge in [-0.1, -0.05) is 0 Å². The summed E-state index contributed by atoms with van der Waals surface area (Å²) in [5.41, 5.74) is 0.205. The van der Waals surface area contributed by atoms with E-state index in [1.807, 2.05) is 0 Å². The van der Waals surface area contributed by atoms with Gasteiger partial charge in [-0.3, -0.25) is 4.79 Å². The van der Waals surface area contributed by atoms with Crippen LogP contribution in [0.1, 0.15) is 16.1 Å². The second kappa shape index (κ2) is 9.18. The van der Waals surface area contributed by atoms with Crippen LogP contribution in [0, 0.1) is 0 Å². The number of fused-ring (bicyclic) bond motifs is 1. The zero-order chi connectivity index (χ0) is 25.3. The normalized spacial score (nSPS) is 11.3. The standard InChI is InChI=1S/C24H22N2O8S/c1-31-16-7-10-18-19(13-16)26(35(29,30)17-8-5-15(27)6-9-17)25-22(18)23(28)14-11-20(32-2)24(34-4)21(12-14)33-3/h5-13,27H,1-4H3. The van der Waals surface area contributed by atoms with Crippen LogP contribution in [0.3, 0.4) is 0 Å². The number of phenolic OH excluding ortho intramolecular Hbond substituents is 1. The Hall–Kier alpha value is -4.25. The molecule has 0 unspecified atom stereocenters. The van der Waals surface area contributed by atoms with E-state index in [0.717, 1.165) is 4.09 Å². The Morgan fingerprint density at radius 1 is 0.857 bits per heavy atom. The minimum Gasteiger partial charge on any atom is -0.508 e. The van der Waals surface area contributed by atoms with E-state index >= 15 is 0 Å². The molecule has 11 heteroatoms. The van der Waals surface area contributed by atoms with Crippen molar-refractivity contribution < 1.29 is 37.3 Å². The van der Waals surface area contributed by atoms with Gasteiger partial charge in [-0.2, -0.15) is 17.6 Å². The van der Waals surface area contributed by atoms with E-state index in [4.69, 9.17) is 18.9 Å². The zero-order valence-corrected chi connectivity index (χ0v) is 20.1. The van der Waals surface area contributed by atoms with Gasteiger partial charge in [0.1, 0.15) is 17.2 Å². The first-order chi connectivity index (χ1) is 16.7. The molecule has 4 rings (SSSR count). The molecule has 4 aromatic rings. The molecule has 10 nitrogen and oxygen atoms in total. The monoisotopic (exact) mass is 498 g/mol. The molecule has 0 aliphatic carbocycles. The molecule has 35 heavy (non-hydrogen) atoms. The van der Waals surface area contributed by atoms with Crippen molar-refractivity contribution in [2.75, 3.05) is 28.4 Å². The average molecular weight is 499 g/mol. The molecule has 0 aliphatic rings. The van der Waals surface area contributed by atoms with Gasteiger partial charge in [-0.05, 0) is 48.5 Å². The lowest BCUT2D eigenvalue weighted by molar-refractivity contribution is 0.103. The fraction of sp³-hybridized carbons (Fsp3) is 0.167. The SMILES string of the molecule is COc1ccc2c(C(=O)c3cc(OC)c(OC)c(OC)c3)nn(S(=O)(=O)c3ccc(O)cc3)c2c1. The summed E-state index contributed by atoms with van der Waals surface area (Å²) in [5, 5.41) is 14.1. The summed E-state index contributed by atoms with van der Waals surface area (Å²) in [6.07, 6.45) is 0. The molecule has 0 amide bonds. The lowest BCUT2D eigenvalue weighted by atomic mass is 10.0. The van der Waals surface area contributed by atoms with Crippen molar-refractivity contribution in [3.05, 3.63) is 65.9 Å². The van der Waals surface area contributed by atoms with Gasteiger partial charge < -0.3 is 24.1 Å². The number of aromatic nitrogens is 2. The summed E-state index contributed by atoms with van der Waals surface area (Å²) < 4.78 is 48.9. The Balaban J connectivity index is 1.95. The van der Waals surface area contributed by atoms with Crippen molar-refractivity contribution in [2.45, 2.75) is 4.90 Å². The second-order valence-corrected chi connectivity index (χ2v) is 9.08. The predicted molar refractivity (Wildman–Crippen MR) is 127 cm³/mol. The van der Waals surface area contributed by atoms with Gasteiger partial charge in [-0.25, -0.2) is 0 Å². The highest BCUT2D eigenvalue weighted by molar-refractivity contribution is 7.90. The van der Waals surface area contributed by atoms with Crippen molar-refractivity contribution in [3.8, 4) is 28.7 Å². The van der Waals surface area contributed by atoms with Gasteiger partial charge in [0, 0.05) is 17.0 Å². The average Bonchev–Trinajstić information content (AvgIpc) is 3.27. The van der Waals surface area contributed by atoms with Crippen LogP contribution in [-0.4, -0.2) is 56.9 Å². The predicted octanol–water partition coefficient (Wildman–Crippen LogP) is 3.24. The summed E-state index contributed by atoms with van der Waals surface area (Å²) in [7, 11) is 1.51. The molecule has 0 bridgehead atoms. The number of methoxy groups -OCH3 is 4. The first kappa shape index (κ1) is 23.9. The van der Waals surface area contributed by atoms with Gasteiger partial charge >= 0.3 is 0 Å². The third-order valence-corrected chi connectivity index (χ3v) is 6.96. The molecule has 0 fully saturated rings. The Labute approximate surface area is 201 Å². The molecule has 1 N–H and O–H groups in total. The molecule has 182 valence electrons. The van der Waals surface area contributed by atoms with Crippen molar-refractivity contribution in [1.29, 1.82) is 0 Å². The minimum atomic E-state index is -4.22. The van der Waals surface area contributed by atoms with Crippen molar-refractivity contribution in [2.24, 2.45) is 0 Å². The molecule has 0 saturated heterocycles. The molecule has 0 radical (unpaired) electrons. The van der Waals surface area contributed by atoms with E-state index in [1.165, 1.54) is 70.9 Å². The van der Waals surface area contributed by atoms with Crippen LogP contribution < -0.4 is 18.9 Å². The van der Waals surface area contributed by atoms with Crippen molar-refractivity contribution in [3.63, 3.8) is 0 Å². The second-order valence-electron chi connectivity index (χ2n) is 7.32. The molecule has 1 aromatic heterocycles. The van der Waals surface area contributed by atoms with E-state index in [0.29, 0.717) is 16.9 Å². The lowest BCUT2D eigenvalue weighted by Gasteiger charge is -2.13. The number of hydrogen-bond donors (Lipinski definition) is 1. The van der Waals surface area contributed by atoms with E-state index < -0.39 is 15.8 Å². The van der Waals surface area contributed by atoms with Crippen molar-refractivity contribution in [1.82, 2.24) is 9.19 Å². The number of aromatic hydroxyl groups is 1. The number of ketones is 1. The first-order valence-corrected chi connectivity index (χ1v) is 11.6. The third-order valence-electron chi connectivity index (χ3n) is 5.36. The van der Waals surface area contributed by atoms with Crippen LogP contribution in [0.5, 0.6) is 28.7 Å². The number of nitrogens with zero attached hydrogens (tertiary/aromatic N) is 2. The number of ether oxygens (including phenoxy) is 4. The zero-order valence-electron chi connectivity index (χ0n) is 19.3. The maximum Gasteiger partial charge on any atom is 0.283 e. The topological polar surface area (TPSA) is 126 Å². The fourth-order valence-corrected chi connectivity index (χ4v) is 4.89. The summed E-state index contributed by atoms with van der Waals surface area (Å²) >= 11 is 0. The Bertz CT molecular complexity index is 1500. The lowest BCUT2D eigenvalue weighted by Crippen LogP contribution is -2.15. The molecular formula is C24H22N2O8S. The van der Waals surface area contributed by atoms with E-state index in [2.05, 4.69) is 5.10 Å².